The van der Waals surface area contributed by atoms with Crippen LogP contribution in [0.5, 0.6) is 0 Å². The second-order valence-electron chi connectivity index (χ2n) is 9.91. The van der Waals surface area contributed by atoms with Crippen molar-refractivity contribution in [1.82, 2.24) is 14.6 Å². The number of carboxylic acids is 1. The normalized spacial score (nSPS) is 20.6. The minimum atomic E-state index is -4.63. The van der Waals surface area contributed by atoms with Crippen molar-refractivity contribution in [2.45, 2.75) is 58.4 Å². The number of aliphatic carboxylic acids is 1. The fraction of sp³-hybridized carbons (Fsp3) is 0.619. The van der Waals surface area contributed by atoms with Gasteiger partial charge in [0.15, 0.2) is 10.8 Å². The number of hydrogen-bond donors (Lipinski definition) is 3. The molecule has 2 aliphatic heterocycles. The first-order valence-corrected chi connectivity index (χ1v) is 13.7. The number of nitrogens with two attached hydrogens (primary N) is 1. The van der Waals surface area contributed by atoms with Gasteiger partial charge in [-0.2, -0.15) is 8.42 Å². The number of carboxylic acid groups (broad SMARTS) is 1. The SMILES string of the molecule is C[C@H]1[C@H](NC(=O)/C(=N/OC(C)(C)C(=O)O)c2csc(N)n2)C(=O)N1S(=O)(=O)OCC(C)(C)C(=O)OC1COC1. The van der Waals surface area contributed by atoms with Gasteiger partial charge in [-0.3, -0.25) is 18.6 Å². The molecule has 1 aromatic rings. The lowest BCUT2D eigenvalue weighted by atomic mass is 9.95. The highest BCUT2D eigenvalue weighted by Crippen LogP contribution is 2.28. The zero-order valence-corrected chi connectivity index (χ0v) is 23.3. The van der Waals surface area contributed by atoms with Gasteiger partial charge in [-0.15, -0.1) is 11.3 Å². The highest BCUT2D eigenvalue weighted by atomic mass is 32.2. The maximum absolute atomic E-state index is 13.0. The number of esters is 1. The van der Waals surface area contributed by atoms with Crippen LogP contribution in [0.25, 0.3) is 0 Å². The molecule has 3 heterocycles. The van der Waals surface area contributed by atoms with Crippen molar-refractivity contribution < 1.29 is 51.2 Å². The van der Waals surface area contributed by atoms with E-state index in [0.717, 1.165) is 11.3 Å². The number of amides is 2. The highest BCUT2D eigenvalue weighted by Gasteiger charge is 2.53. The van der Waals surface area contributed by atoms with Crippen LogP contribution in [0.3, 0.4) is 0 Å². The van der Waals surface area contributed by atoms with Crippen LogP contribution in [-0.4, -0.2) is 95.9 Å². The Labute approximate surface area is 227 Å². The predicted molar refractivity (Wildman–Crippen MR) is 133 cm³/mol. The molecule has 2 saturated heterocycles. The fourth-order valence-corrected chi connectivity index (χ4v) is 5.00. The highest BCUT2D eigenvalue weighted by molar-refractivity contribution is 7.85. The molecule has 0 saturated carbocycles. The van der Waals surface area contributed by atoms with E-state index >= 15 is 0 Å². The van der Waals surface area contributed by atoms with Crippen molar-refractivity contribution >= 4 is 56.2 Å². The van der Waals surface area contributed by atoms with Crippen LogP contribution in [0.15, 0.2) is 10.5 Å². The Morgan fingerprint density at radius 1 is 1.31 bits per heavy atom. The van der Waals surface area contributed by atoms with Crippen LogP contribution in [0.4, 0.5) is 5.13 Å². The predicted octanol–water partition coefficient (Wildman–Crippen LogP) is -0.746. The summed E-state index contributed by atoms with van der Waals surface area (Å²) >= 11 is 0.974. The summed E-state index contributed by atoms with van der Waals surface area (Å²) < 4.78 is 41.0. The van der Waals surface area contributed by atoms with Gasteiger partial charge < -0.3 is 30.5 Å². The molecule has 2 atom stereocenters. The van der Waals surface area contributed by atoms with Crippen LogP contribution in [0.2, 0.25) is 0 Å². The van der Waals surface area contributed by atoms with Gasteiger partial charge in [0.25, 0.3) is 11.8 Å². The Hall–Kier alpha value is -3.35. The molecule has 2 fully saturated rings. The van der Waals surface area contributed by atoms with Crippen LogP contribution < -0.4 is 11.1 Å². The van der Waals surface area contributed by atoms with E-state index < -0.39 is 75.6 Å². The number of nitrogen functional groups attached to an aromatic ring is 1. The molecule has 4 N–H and O–H groups in total. The molecule has 216 valence electrons. The van der Waals surface area contributed by atoms with Crippen molar-refractivity contribution in [2.75, 3.05) is 25.6 Å². The molecule has 2 aliphatic rings. The zero-order valence-electron chi connectivity index (χ0n) is 21.7. The molecule has 39 heavy (non-hydrogen) atoms. The minimum absolute atomic E-state index is 0.0500. The van der Waals surface area contributed by atoms with Gasteiger partial charge in [0.1, 0.15) is 17.8 Å². The van der Waals surface area contributed by atoms with Crippen LogP contribution >= 0.6 is 11.3 Å². The Morgan fingerprint density at radius 2 is 1.95 bits per heavy atom. The number of nitrogens with one attached hydrogen (secondary N) is 1. The summed E-state index contributed by atoms with van der Waals surface area (Å²) in [6.45, 7) is 6.50. The number of carbonyl (C=O) groups is 4. The van der Waals surface area contributed by atoms with E-state index in [1.54, 1.807) is 0 Å². The number of thiazole rings is 1. The van der Waals surface area contributed by atoms with Gasteiger partial charge in [0.05, 0.1) is 31.3 Å². The van der Waals surface area contributed by atoms with Gasteiger partial charge in [-0.1, -0.05) is 5.16 Å². The first kappa shape index (κ1) is 30.2. The summed E-state index contributed by atoms with van der Waals surface area (Å²) in [5, 5.41) is 16.7. The summed E-state index contributed by atoms with van der Waals surface area (Å²) in [7, 11) is -4.63. The van der Waals surface area contributed by atoms with Gasteiger partial charge in [0.2, 0.25) is 5.60 Å². The second kappa shape index (κ2) is 11.0. The van der Waals surface area contributed by atoms with Gasteiger partial charge >= 0.3 is 22.2 Å². The molecule has 2 amide bonds. The van der Waals surface area contributed by atoms with E-state index in [4.69, 9.17) is 24.2 Å². The summed E-state index contributed by atoms with van der Waals surface area (Å²) in [6, 6.07) is -2.38. The molecule has 18 heteroatoms. The molecule has 0 unspecified atom stereocenters. The molecule has 0 aromatic carbocycles. The van der Waals surface area contributed by atoms with Gasteiger partial charge in [0, 0.05) is 5.38 Å². The van der Waals surface area contributed by atoms with Crippen molar-refractivity contribution in [3.63, 3.8) is 0 Å². The Balaban J connectivity index is 1.67. The second-order valence-corrected chi connectivity index (χ2v) is 12.3. The summed E-state index contributed by atoms with van der Waals surface area (Å²) in [5.74, 6) is -4.05. The first-order valence-electron chi connectivity index (χ1n) is 11.5. The monoisotopic (exact) mass is 591 g/mol. The first-order chi connectivity index (χ1) is 18.0. The smallest absolute Gasteiger partial charge is 0.365 e. The number of ether oxygens (including phenoxy) is 2. The van der Waals surface area contributed by atoms with Crippen LogP contribution in [0, 0.1) is 5.41 Å². The maximum Gasteiger partial charge on any atom is 0.365 e. The average molecular weight is 592 g/mol. The van der Waals surface area contributed by atoms with Gasteiger partial charge in [-0.05, 0) is 34.6 Å². The maximum atomic E-state index is 13.0. The van der Waals surface area contributed by atoms with Crippen LogP contribution in [0.1, 0.15) is 40.3 Å². The minimum Gasteiger partial charge on any atom is -0.478 e. The third kappa shape index (κ3) is 6.63. The third-order valence-corrected chi connectivity index (χ3v) is 7.81. The van der Waals surface area contributed by atoms with Gasteiger partial charge in [-0.25, -0.2) is 14.1 Å². The molecule has 1 aromatic heterocycles. The van der Waals surface area contributed by atoms with E-state index in [2.05, 4.69) is 15.5 Å². The number of β-lactam (4-membered cyclic amide) rings is 1. The van der Waals surface area contributed by atoms with Crippen LogP contribution in [-0.2, 0) is 48.0 Å². The lowest BCUT2D eigenvalue weighted by Gasteiger charge is -2.43. The lowest BCUT2D eigenvalue weighted by Crippen LogP contribution is -2.71. The number of oxime groups is 1. The molecule has 16 nitrogen and oxygen atoms in total. The van der Waals surface area contributed by atoms with E-state index in [9.17, 15) is 32.7 Å². The molecule has 0 bridgehead atoms. The molecule has 0 aliphatic carbocycles. The van der Waals surface area contributed by atoms with Crippen molar-refractivity contribution in [3.05, 3.63) is 11.1 Å². The molecular formula is C21H29N5O11S2. The Kier molecular flexibility index (Phi) is 8.54. The third-order valence-electron chi connectivity index (χ3n) is 5.73. The summed E-state index contributed by atoms with van der Waals surface area (Å²) in [4.78, 5) is 58.3. The van der Waals surface area contributed by atoms with E-state index in [-0.39, 0.29) is 24.0 Å². The number of hydrogen-bond acceptors (Lipinski definition) is 14. The molecule has 0 spiro atoms. The summed E-state index contributed by atoms with van der Waals surface area (Å²) in [5.41, 5.74) is 1.93. The quantitative estimate of drug-likeness (QED) is 0.118. The number of nitrogens with zero attached hydrogens (tertiary/aromatic N) is 3. The van der Waals surface area contributed by atoms with Crippen molar-refractivity contribution in [3.8, 4) is 0 Å². The number of carbonyl (C=O) groups excluding carboxylic acids is 3. The number of anilines is 1. The lowest BCUT2D eigenvalue weighted by molar-refractivity contribution is -0.183. The van der Waals surface area contributed by atoms with Crippen molar-refractivity contribution in [1.29, 1.82) is 0 Å². The Bertz CT molecular complexity index is 1290. The largest absolute Gasteiger partial charge is 0.478 e. The topological polar surface area (TPSA) is 226 Å². The van der Waals surface area contributed by atoms with Crippen molar-refractivity contribution in [2.24, 2.45) is 10.6 Å². The summed E-state index contributed by atoms with van der Waals surface area (Å²) in [6.07, 6.45) is -0.413. The van der Waals surface area contributed by atoms with E-state index in [1.807, 2.05) is 0 Å². The molecular weight excluding hydrogens is 562 g/mol. The number of rotatable bonds is 12. The van der Waals surface area contributed by atoms with E-state index in [1.165, 1.54) is 40.0 Å². The Morgan fingerprint density at radius 3 is 2.44 bits per heavy atom. The standard InChI is InChI=1S/C21H29N5O11S2/c1-10-13(24-15(27)14(12-8-38-19(22)23-12)25-37-21(4,5)17(29)30)16(28)26(10)39(32,33)35-9-20(2,3)18(31)36-11-6-34-7-11/h8,10-11,13H,6-7,9H2,1-5H3,(H2,22,23)(H,24,27)(H,29,30)/b25-14+/t10-,13-/m0/s1. The zero-order chi connectivity index (χ0) is 29.3. The molecule has 3 rings (SSSR count). The molecule has 0 radical (unpaired) electrons. The fourth-order valence-electron chi connectivity index (χ4n) is 3.03. The average Bonchev–Trinajstić information content (AvgIpc) is 3.24. The number of aromatic nitrogens is 1. The van der Waals surface area contributed by atoms with E-state index in [0.29, 0.717) is 4.31 Å².